The molecule has 0 spiro atoms. The van der Waals surface area contributed by atoms with E-state index < -0.39 is 0 Å². The summed E-state index contributed by atoms with van der Waals surface area (Å²) in [6.45, 7) is 0. The predicted octanol–water partition coefficient (Wildman–Crippen LogP) is 10.0. The first-order valence-corrected chi connectivity index (χ1v) is 13.9. The van der Waals surface area contributed by atoms with Crippen LogP contribution in [0.1, 0.15) is 0 Å². The number of fused-ring (bicyclic) bond motifs is 10. The van der Waals surface area contributed by atoms with E-state index in [0.717, 1.165) is 0 Å². The van der Waals surface area contributed by atoms with Crippen molar-refractivity contribution in [3.8, 4) is 0 Å². The monoisotopic (exact) mass is 470 g/mol. The molecule has 0 radical (unpaired) electrons. The fourth-order valence-corrected chi connectivity index (χ4v) is 6.37. The Bertz CT molecular complexity index is 1790. The van der Waals surface area contributed by atoms with E-state index in [0.29, 0.717) is 0 Å². The SMILES string of the molecule is CSc1ccc2c(ccc3c4cc5ccc6c7ccc(SC)cc7ccc6c5cc4ccc23)c1. The average molecular weight is 471 g/mol. The molecule has 7 aromatic carbocycles. The Morgan fingerprint density at radius 2 is 0.647 bits per heavy atom. The van der Waals surface area contributed by atoms with Crippen LogP contribution in [0.25, 0.3) is 64.6 Å². The molecule has 0 fully saturated rings. The number of benzene rings is 7. The largest absolute Gasteiger partial charge is 0.130 e. The summed E-state index contributed by atoms with van der Waals surface area (Å²) < 4.78 is 0. The molecule has 162 valence electrons. The van der Waals surface area contributed by atoms with Crippen molar-refractivity contribution in [1.29, 1.82) is 0 Å². The lowest BCUT2D eigenvalue weighted by Gasteiger charge is -2.12. The average Bonchev–Trinajstić information content (AvgIpc) is 2.90. The molecule has 0 atom stereocenters. The Morgan fingerprint density at radius 3 is 1.03 bits per heavy atom. The van der Waals surface area contributed by atoms with E-state index in [1.165, 1.54) is 74.4 Å². The van der Waals surface area contributed by atoms with Gasteiger partial charge >= 0.3 is 0 Å². The van der Waals surface area contributed by atoms with Crippen molar-refractivity contribution in [2.24, 2.45) is 0 Å². The standard InChI is InChI=1S/C32H22S2/c1-33-23-7-13-25-19(15-23)3-11-29-27(25)9-5-21-18-32-22(17-31(21)29)6-10-28-26-14-8-24(34-2)16-20(26)4-12-30(28)32/h3-18H,1-2H3. The van der Waals surface area contributed by atoms with Crippen LogP contribution in [0.2, 0.25) is 0 Å². The maximum absolute atomic E-state index is 2.38. The van der Waals surface area contributed by atoms with Crippen LogP contribution in [-0.2, 0) is 0 Å². The van der Waals surface area contributed by atoms with Gasteiger partial charge in [-0.2, -0.15) is 0 Å². The van der Waals surface area contributed by atoms with Crippen molar-refractivity contribution in [3.63, 3.8) is 0 Å². The molecule has 7 aromatic rings. The zero-order valence-corrected chi connectivity index (χ0v) is 20.7. The first-order chi connectivity index (χ1) is 16.7. The molecular weight excluding hydrogens is 448 g/mol. The first-order valence-electron chi connectivity index (χ1n) is 11.5. The minimum absolute atomic E-state index is 1.30. The number of thioether (sulfide) groups is 2. The van der Waals surface area contributed by atoms with Gasteiger partial charge in [-0.05, 0) is 114 Å². The molecule has 0 aliphatic heterocycles. The van der Waals surface area contributed by atoms with Gasteiger partial charge in [0.25, 0.3) is 0 Å². The molecule has 0 saturated heterocycles. The van der Waals surface area contributed by atoms with E-state index in [9.17, 15) is 0 Å². The van der Waals surface area contributed by atoms with Crippen molar-refractivity contribution < 1.29 is 0 Å². The number of hydrogen-bond donors (Lipinski definition) is 0. The van der Waals surface area contributed by atoms with Crippen LogP contribution < -0.4 is 0 Å². The van der Waals surface area contributed by atoms with Gasteiger partial charge in [-0.25, -0.2) is 0 Å². The fourth-order valence-electron chi connectivity index (χ4n) is 5.47. The lowest BCUT2D eigenvalue weighted by atomic mass is 9.92. The van der Waals surface area contributed by atoms with Gasteiger partial charge in [0.1, 0.15) is 0 Å². The summed E-state index contributed by atoms with van der Waals surface area (Å²) in [6.07, 6.45) is 4.27. The van der Waals surface area contributed by atoms with E-state index in [-0.39, 0.29) is 0 Å². The fraction of sp³-hybridized carbons (Fsp3) is 0.0625. The van der Waals surface area contributed by atoms with Crippen LogP contribution >= 0.6 is 23.5 Å². The zero-order chi connectivity index (χ0) is 22.8. The molecule has 0 aromatic heterocycles. The van der Waals surface area contributed by atoms with Crippen molar-refractivity contribution in [3.05, 3.63) is 97.1 Å². The van der Waals surface area contributed by atoms with Gasteiger partial charge < -0.3 is 0 Å². The summed E-state index contributed by atoms with van der Waals surface area (Å²) in [4.78, 5) is 2.62. The molecule has 0 N–H and O–H groups in total. The normalized spacial score (nSPS) is 12.1. The molecule has 2 heteroatoms. The van der Waals surface area contributed by atoms with Gasteiger partial charge in [-0.1, -0.05) is 60.7 Å². The van der Waals surface area contributed by atoms with Gasteiger partial charge in [0.05, 0.1) is 0 Å². The summed E-state index contributed by atoms with van der Waals surface area (Å²) >= 11 is 3.59. The molecule has 0 aliphatic rings. The molecule has 0 heterocycles. The number of rotatable bonds is 2. The van der Waals surface area contributed by atoms with E-state index in [1.54, 1.807) is 23.5 Å². The van der Waals surface area contributed by atoms with E-state index >= 15 is 0 Å². The topological polar surface area (TPSA) is 0 Å². The van der Waals surface area contributed by atoms with E-state index in [4.69, 9.17) is 0 Å². The Labute approximate surface area is 206 Å². The summed E-state index contributed by atoms with van der Waals surface area (Å²) in [5, 5.41) is 15.8. The highest BCUT2D eigenvalue weighted by atomic mass is 32.2. The highest BCUT2D eigenvalue weighted by Crippen LogP contribution is 2.38. The molecule has 0 aliphatic carbocycles. The van der Waals surface area contributed by atoms with Gasteiger partial charge in [0.2, 0.25) is 0 Å². The minimum Gasteiger partial charge on any atom is -0.130 e. The lowest BCUT2D eigenvalue weighted by molar-refractivity contribution is 1.52. The molecule has 0 unspecified atom stereocenters. The van der Waals surface area contributed by atoms with E-state index in [2.05, 4.69) is 110 Å². The molecule has 0 saturated carbocycles. The van der Waals surface area contributed by atoms with Crippen LogP contribution in [0.3, 0.4) is 0 Å². The van der Waals surface area contributed by atoms with Crippen molar-refractivity contribution >= 4 is 88.2 Å². The van der Waals surface area contributed by atoms with Crippen LogP contribution in [0.15, 0.2) is 107 Å². The molecule has 0 amide bonds. The second kappa shape index (κ2) is 7.66. The second-order valence-corrected chi connectivity index (χ2v) is 10.7. The minimum atomic E-state index is 1.30. The van der Waals surface area contributed by atoms with Crippen LogP contribution in [0.5, 0.6) is 0 Å². The van der Waals surface area contributed by atoms with Crippen molar-refractivity contribution in [2.75, 3.05) is 12.5 Å². The molecule has 0 bridgehead atoms. The van der Waals surface area contributed by atoms with Crippen LogP contribution in [0, 0.1) is 0 Å². The van der Waals surface area contributed by atoms with E-state index in [1.807, 2.05) is 0 Å². The Morgan fingerprint density at radius 1 is 0.324 bits per heavy atom. The summed E-state index contributed by atoms with van der Waals surface area (Å²) in [6, 6.07) is 36.7. The number of hydrogen-bond acceptors (Lipinski definition) is 2. The maximum atomic E-state index is 2.38. The molecule has 0 nitrogen and oxygen atoms in total. The maximum Gasteiger partial charge on any atom is 0.00755 e. The van der Waals surface area contributed by atoms with Crippen molar-refractivity contribution in [2.45, 2.75) is 9.79 Å². The molecule has 7 rings (SSSR count). The zero-order valence-electron chi connectivity index (χ0n) is 19.1. The van der Waals surface area contributed by atoms with Gasteiger partial charge in [0, 0.05) is 9.79 Å². The third-order valence-corrected chi connectivity index (χ3v) is 8.65. The summed E-state index contributed by atoms with van der Waals surface area (Å²) in [5.74, 6) is 0. The van der Waals surface area contributed by atoms with Gasteiger partial charge in [-0.15, -0.1) is 23.5 Å². The quantitative estimate of drug-likeness (QED) is 0.140. The summed E-state index contributed by atoms with van der Waals surface area (Å²) in [7, 11) is 0. The Balaban J connectivity index is 1.52. The van der Waals surface area contributed by atoms with Gasteiger partial charge in [-0.3, -0.25) is 0 Å². The first kappa shape index (κ1) is 20.2. The molecule has 34 heavy (non-hydrogen) atoms. The second-order valence-electron chi connectivity index (χ2n) is 8.92. The Hall–Kier alpha value is -3.20. The third kappa shape index (κ3) is 2.95. The van der Waals surface area contributed by atoms with Crippen LogP contribution in [-0.4, -0.2) is 12.5 Å². The predicted molar refractivity (Wildman–Crippen MR) is 155 cm³/mol. The highest BCUT2D eigenvalue weighted by molar-refractivity contribution is 7.98. The van der Waals surface area contributed by atoms with Gasteiger partial charge in [0.15, 0.2) is 0 Å². The third-order valence-electron chi connectivity index (χ3n) is 7.20. The smallest absolute Gasteiger partial charge is 0.00755 e. The van der Waals surface area contributed by atoms with Crippen molar-refractivity contribution in [1.82, 2.24) is 0 Å². The Kier molecular flexibility index (Phi) is 4.55. The molecular formula is C32H22S2. The lowest BCUT2D eigenvalue weighted by Crippen LogP contribution is -1.85. The summed E-state index contributed by atoms with van der Waals surface area (Å²) in [5.41, 5.74) is 0. The highest BCUT2D eigenvalue weighted by Gasteiger charge is 2.10. The van der Waals surface area contributed by atoms with Crippen LogP contribution in [0.4, 0.5) is 0 Å².